The highest BCUT2D eigenvalue weighted by Crippen LogP contribution is 2.30. The van der Waals surface area contributed by atoms with Crippen LogP contribution in [0.1, 0.15) is 18.4 Å². The first kappa shape index (κ1) is 14.6. The van der Waals surface area contributed by atoms with Crippen LogP contribution in [0.25, 0.3) is 21.8 Å². The molecule has 1 amide bonds. The van der Waals surface area contributed by atoms with Gasteiger partial charge in [-0.05, 0) is 42.0 Å². The zero-order chi connectivity index (χ0) is 16.7. The van der Waals surface area contributed by atoms with Gasteiger partial charge >= 0.3 is 0 Å². The second kappa shape index (κ2) is 5.61. The Labute approximate surface area is 141 Å². The Morgan fingerprint density at radius 3 is 2.83 bits per heavy atom. The molecule has 0 spiro atoms. The molecule has 2 heterocycles. The lowest BCUT2D eigenvalue weighted by molar-refractivity contribution is -0.117. The van der Waals surface area contributed by atoms with Gasteiger partial charge < -0.3 is 4.98 Å². The molecule has 0 radical (unpaired) electrons. The van der Waals surface area contributed by atoms with Crippen LogP contribution in [0.3, 0.4) is 0 Å². The molecule has 1 atom stereocenters. The van der Waals surface area contributed by atoms with E-state index < -0.39 is 0 Å². The number of nitrogens with zero attached hydrogens (tertiary/aromatic N) is 3. The quantitative estimate of drug-likeness (QED) is 0.533. The van der Waals surface area contributed by atoms with Gasteiger partial charge in [0.1, 0.15) is 0 Å². The van der Waals surface area contributed by atoms with Crippen molar-refractivity contribution < 1.29 is 4.79 Å². The Morgan fingerprint density at radius 2 is 2.04 bits per heavy atom. The lowest BCUT2D eigenvalue weighted by Gasteiger charge is -2.10. The smallest absolute Gasteiger partial charge is 0.269 e. The zero-order valence-corrected chi connectivity index (χ0v) is 13.4. The number of hydrogen-bond acceptors (Lipinski definition) is 4. The third-order valence-electron chi connectivity index (χ3n) is 4.06. The first-order chi connectivity index (χ1) is 11.6. The van der Waals surface area contributed by atoms with Crippen molar-refractivity contribution >= 4 is 45.3 Å². The van der Waals surface area contributed by atoms with Crippen molar-refractivity contribution in [1.82, 2.24) is 25.6 Å². The van der Waals surface area contributed by atoms with Crippen LogP contribution >= 0.6 is 11.6 Å². The molecule has 0 fully saturated rings. The van der Waals surface area contributed by atoms with Crippen LogP contribution in [-0.2, 0) is 4.79 Å². The summed E-state index contributed by atoms with van der Waals surface area (Å²) in [6.45, 7) is 1.83. The molecule has 120 valence electrons. The monoisotopic (exact) mass is 340 g/mol. The Morgan fingerprint density at radius 1 is 1.17 bits per heavy atom. The first-order valence-electron chi connectivity index (χ1n) is 7.37. The van der Waals surface area contributed by atoms with E-state index >= 15 is 0 Å². The molecule has 0 saturated heterocycles. The fourth-order valence-electron chi connectivity index (χ4n) is 2.75. The Balaban J connectivity index is 1.69. The average Bonchev–Trinajstić information content (AvgIpc) is 3.20. The van der Waals surface area contributed by atoms with Gasteiger partial charge in [-0.3, -0.25) is 10.1 Å². The normalized spacial score (nSPS) is 12.6. The number of aromatic nitrogens is 5. The third kappa shape index (κ3) is 2.48. The molecule has 0 aliphatic heterocycles. The topological polar surface area (TPSA) is 99.3 Å². The van der Waals surface area contributed by atoms with Crippen LogP contribution in [0, 0.1) is 0 Å². The van der Waals surface area contributed by atoms with Crippen LogP contribution < -0.4 is 5.32 Å². The largest absolute Gasteiger partial charge is 0.355 e. The van der Waals surface area contributed by atoms with E-state index in [1.54, 1.807) is 0 Å². The number of hydrogen-bond donors (Lipinski definition) is 3. The van der Waals surface area contributed by atoms with Crippen LogP contribution in [0.2, 0.25) is 5.02 Å². The van der Waals surface area contributed by atoms with E-state index in [-0.39, 0.29) is 17.8 Å². The summed E-state index contributed by atoms with van der Waals surface area (Å²) in [5, 5.41) is 18.6. The number of fused-ring (bicyclic) bond motifs is 3. The van der Waals surface area contributed by atoms with Gasteiger partial charge in [0, 0.05) is 26.8 Å². The lowest BCUT2D eigenvalue weighted by Crippen LogP contribution is -2.19. The maximum Gasteiger partial charge on any atom is 0.269 e. The van der Waals surface area contributed by atoms with Crippen molar-refractivity contribution in [2.45, 2.75) is 12.8 Å². The molecule has 8 heteroatoms. The predicted molar refractivity (Wildman–Crippen MR) is 92.0 cm³/mol. The second-order valence-corrected chi connectivity index (χ2v) is 6.00. The number of H-pyrrole nitrogens is 2. The number of rotatable bonds is 3. The summed E-state index contributed by atoms with van der Waals surface area (Å²) in [6, 6.07) is 11.6. The molecular weight excluding hydrogens is 328 g/mol. The number of carbonyl (C=O) groups excluding carboxylic acids is 1. The van der Waals surface area contributed by atoms with Gasteiger partial charge in [-0.15, -0.1) is 5.10 Å². The minimum atomic E-state index is -0.358. The van der Waals surface area contributed by atoms with E-state index in [0.717, 1.165) is 27.4 Å². The van der Waals surface area contributed by atoms with Gasteiger partial charge in [0.2, 0.25) is 5.91 Å². The molecule has 0 aliphatic rings. The number of aromatic amines is 2. The summed E-state index contributed by atoms with van der Waals surface area (Å²) in [5.74, 6) is -0.397. The summed E-state index contributed by atoms with van der Waals surface area (Å²) in [7, 11) is 0. The number of tetrazole rings is 1. The van der Waals surface area contributed by atoms with Gasteiger partial charge in [-0.2, -0.15) is 5.21 Å². The highest BCUT2D eigenvalue weighted by molar-refractivity contribution is 6.31. The molecule has 0 aliphatic carbocycles. The maximum atomic E-state index is 12.3. The van der Waals surface area contributed by atoms with E-state index in [1.165, 1.54) is 0 Å². The molecule has 0 bridgehead atoms. The molecule has 24 heavy (non-hydrogen) atoms. The number of halogens is 1. The van der Waals surface area contributed by atoms with Gasteiger partial charge in [-0.1, -0.05) is 28.8 Å². The summed E-state index contributed by atoms with van der Waals surface area (Å²) in [4.78, 5) is 15.7. The number of anilines is 1. The van der Waals surface area contributed by atoms with Crippen molar-refractivity contribution in [2.75, 3.05) is 5.32 Å². The standard InChI is InChI=1S/C16H13ClN6O/c1-8(15(24)19-16-20-22-23-21-16)9-2-4-11-12-7-10(17)3-5-13(12)18-14(11)6-9/h2-8,18H,1H3,(H2,19,20,21,22,23,24). The lowest BCUT2D eigenvalue weighted by atomic mass is 9.99. The highest BCUT2D eigenvalue weighted by atomic mass is 35.5. The van der Waals surface area contributed by atoms with Gasteiger partial charge in [0.25, 0.3) is 5.95 Å². The van der Waals surface area contributed by atoms with E-state index in [2.05, 4.69) is 30.9 Å². The van der Waals surface area contributed by atoms with Crippen LogP contribution in [-0.4, -0.2) is 31.5 Å². The van der Waals surface area contributed by atoms with Crippen molar-refractivity contribution in [2.24, 2.45) is 0 Å². The zero-order valence-electron chi connectivity index (χ0n) is 12.7. The Bertz CT molecular complexity index is 1040. The summed E-state index contributed by atoms with van der Waals surface area (Å²) < 4.78 is 0. The number of carbonyl (C=O) groups is 1. The molecule has 2 aromatic heterocycles. The first-order valence-corrected chi connectivity index (χ1v) is 7.75. The molecule has 2 aromatic carbocycles. The SMILES string of the molecule is CC(C(=O)Nc1nn[nH]n1)c1ccc2c(c1)[nH]c1ccc(Cl)cc12. The van der Waals surface area contributed by atoms with Gasteiger partial charge in [0.15, 0.2) is 0 Å². The maximum absolute atomic E-state index is 12.3. The molecule has 7 nitrogen and oxygen atoms in total. The van der Waals surface area contributed by atoms with Gasteiger partial charge in [-0.25, -0.2) is 0 Å². The van der Waals surface area contributed by atoms with E-state index in [4.69, 9.17) is 11.6 Å². The summed E-state index contributed by atoms with van der Waals surface area (Å²) in [5.41, 5.74) is 2.86. The number of nitrogens with one attached hydrogen (secondary N) is 3. The van der Waals surface area contributed by atoms with E-state index in [0.29, 0.717) is 5.02 Å². The third-order valence-corrected chi connectivity index (χ3v) is 4.29. The van der Waals surface area contributed by atoms with E-state index in [9.17, 15) is 4.79 Å². The molecular formula is C16H13ClN6O. The second-order valence-electron chi connectivity index (χ2n) is 5.57. The number of amides is 1. The average molecular weight is 341 g/mol. The van der Waals surface area contributed by atoms with Crippen molar-refractivity contribution in [3.8, 4) is 0 Å². The summed E-state index contributed by atoms with van der Waals surface area (Å²) in [6.07, 6.45) is 0. The molecule has 0 saturated carbocycles. The highest BCUT2D eigenvalue weighted by Gasteiger charge is 2.18. The predicted octanol–water partition coefficient (Wildman–Crippen LogP) is 3.23. The molecule has 4 aromatic rings. The minimum Gasteiger partial charge on any atom is -0.355 e. The Hall–Kier alpha value is -2.93. The summed E-state index contributed by atoms with van der Waals surface area (Å²) >= 11 is 6.08. The van der Waals surface area contributed by atoms with E-state index in [1.807, 2.05) is 43.3 Å². The van der Waals surface area contributed by atoms with Crippen molar-refractivity contribution in [1.29, 1.82) is 0 Å². The molecule has 4 rings (SSSR count). The van der Waals surface area contributed by atoms with Crippen LogP contribution in [0.15, 0.2) is 36.4 Å². The fraction of sp³-hybridized carbons (Fsp3) is 0.125. The fourth-order valence-corrected chi connectivity index (χ4v) is 2.92. The number of benzene rings is 2. The van der Waals surface area contributed by atoms with Crippen LogP contribution in [0.5, 0.6) is 0 Å². The van der Waals surface area contributed by atoms with Crippen molar-refractivity contribution in [3.63, 3.8) is 0 Å². The Kier molecular flexibility index (Phi) is 3.42. The minimum absolute atomic E-state index is 0.160. The van der Waals surface area contributed by atoms with Crippen LogP contribution in [0.4, 0.5) is 5.95 Å². The van der Waals surface area contributed by atoms with Crippen molar-refractivity contribution in [3.05, 3.63) is 47.0 Å². The molecule has 1 unspecified atom stereocenters. The van der Waals surface area contributed by atoms with Gasteiger partial charge in [0.05, 0.1) is 5.92 Å². The molecule has 3 N–H and O–H groups in total.